The van der Waals surface area contributed by atoms with Crippen molar-refractivity contribution in [3.8, 4) is 0 Å². The van der Waals surface area contributed by atoms with Gasteiger partial charge in [-0.1, -0.05) is 6.92 Å². The van der Waals surface area contributed by atoms with E-state index in [9.17, 15) is 9.59 Å². The largest absolute Gasteiger partial charge is 0.480 e. The smallest absolute Gasteiger partial charge is 0.326 e. The maximum absolute atomic E-state index is 11.6. The van der Waals surface area contributed by atoms with Gasteiger partial charge in [0.15, 0.2) is 0 Å². The highest BCUT2D eigenvalue weighted by Crippen LogP contribution is 2.17. The van der Waals surface area contributed by atoms with E-state index in [2.05, 4.69) is 10.6 Å². The van der Waals surface area contributed by atoms with Gasteiger partial charge in [0.2, 0.25) is 0 Å². The second-order valence-corrected chi connectivity index (χ2v) is 4.61. The molecule has 0 saturated carbocycles. The number of carboxylic acid groups (broad SMARTS) is 1. The number of hydrogen-bond acceptors (Lipinski definition) is 3. The van der Waals surface area contributed by atoms with Crippen LogP contribution in [0.25, 0.3) is 0 Å². The van der Waals surface area contributed by atoms with Crippen molar-refractivity contribution < 1.29 is 19.4 Å². The molecule has 0 aromatic heterocycles. The van der Waals surface area contributed by atoms with Gasteiger partial charge >= 0.3 is 12.0 Å². The summed E-state index contributed by atoms with van der Waals surface area (Å²) in [5.41, 5.74) is -0.404. The topological polar surface area (TPSA) is 87.7 Å². The Balaban J connectivity index is 2.45. The summed E-state index contributed by atoms with van der Waals surface area (Å²) < 4.78 is 5.31. The number of ether oxygens (including phenoxy) is 1. The van der Waals surface area contributed by atoms with E-state index in [1.807, 2.05) is 6.92 Å². The van der Waals surface area contributed by atoms with Crippen LogP contribution in [0.1, 0.15) is 33.1 Å². The summed E-state index contributed by atoms with van der Waals surface area (Å²) in [6, 6.07) is -1.30. The Hall–Kier alpha value is -1.30. The number of aliphatic carboxylic acids is 1. The normalized spacial score (nSPS) is 26.0. The predicted molar refractivity (Wildman–Crippen MR) is 61.8 cm³/mol. The third-order valence-corrected chi connectivity index (χ3v) is 2.86. The minimum Gasteiger partial charge on any atom is -0.480 e. The molecule has 0 aromatic rings. The molecule has 2 atom stereocenters. The Labute approximate surface area is 101 Å². The zero-order valence-corrected chi connectivity index (χ0v) is 10.3. The van der Waals surface area contributed by atoms with Crippen molar-refractivity contribution in [3.05, 3.63) is 0 Å². The molecule has 2 amide bonds. The zero-order valence-electron chi connectivity index (χ0n) is 10.3. The molecule has 3 N–H and O–H groups in total. The van der Waals surface area contributed by atoms with Crippen LogP contribution in [0, 0.1) is 0 Å². The molecular formula is C11H20N2O4. The third-order valence-electron chi connectivity index (χ3n) is 2.86. The van der Waals surface area contributed by atoms with Crippen LogP contribution in [0.5, 0.6) is 0 Å². The first-order valence-electron chi connectivity index (χ1n) is 5.86. The standard InChI is InChI=1S/C11H20N2O4/c1-3-8(9(14)15)12-10(16)13-11(2)5-4-6-17-7-11/h8H,3-7H2,1-2H3,(H,14,15)(H2,12,13,16). The highest BCUT2D eigenvalue weighted by atomic mass is 16.5. The molecule has 6 nitrogen and oxygen atoms in total. The number of nitrogens with one attached hydrogen (secondary N) is 2. The summed E-state index contributed by atoms with van der Waals surface area (Å²) >= 11 is 0. The molecule has 1 fully saturated rings. The van der Waals surface area contributed by atoms with Gasteiger partial charge < -0.3 is 20.5 Å². The van der Waals surface area contributed by atoms with Crippen LogP contribution in [0.15, 0.2) is 0 Å². The van der Waals surface area contributed by atoms with Crippen molar-refractivity contribution in [2.75, 3.05) is 13.2 Å². The first-order chi connectivity index (χ1) is 7.97. The van der Waals surface area contributed by atoms with E-state index in [4.69, 9.17) is 9.84 Å². The van der Waals surface area contributed by atoms with Crippen LogP contribution in [0.4, 0.5) is 4.79 Å². The lowest BCUT2D eigenvalue weighted by molar-refractivity contribution is -0.139. The minimum atomic E-state index is -1.02. The highest BCUT2D eigenvalue weighted by Gasteiger charge is 2.30. The summed E-state index contributed by atoms with van der Waals surface area (Å²) in [6.07, 6.45) is 2.09. The van der Waals surface area contributed by atoms with E-state index < -0.39 is 23.6 Å². The van der Waals surface area contributed by atoms with E-state index in [-0.39, 0.29) is 0 Å². The number of carboxylic acids is 1. The molecule has 1 rings (SSSR count). The molecule has 1 aliphatic rings. The van der Waals surface area contributed by atoms with Gasteiger partial charge in [0.1, 0.15) is 6.04 Å². The van der Waals surface area contributed by atoms with Crippen LogP contribution in [-0.2, 0) is 9.53 Å². The Kier molecular flexibility index (Phi) is 4.74. The molecule has 2 unspecified atom stereocenters. The summed E-state index contributed by atoms with van der Waals surface area (Å²) in [4.78, 5) is 22.4. The predicted octanol–water partition coefficient (Wildman–Crippen LogP) is 0.718. The number of carbonyl (C=O) groups is 2. The van der Waals surface area contributed by atoms with E-state index in [0.717, 1.165) is 12.8 Å². The molecule has 1 saturated heterocycles. The summed E-state index contributed by atoms with van der Waals surface area (Å²) in [7, 11) is 0. The average Bonchev–Trinajstić information content (AvgIpc) is 2.25. The molecular weight excluding hydrogens is 224 g/mol. The summed E-state index contributed by atoms with van der Waals surface area (Å²) in [6.45, 7) is 4.79. The third kappa shape index (κ3) is 4.22. The van der Waals surface area contributed by atoms with Gasteiger partial charge in [-0.05, 0) is 26.2 Å². The van der Waals surface area contributed by atoms with Crippen molar-refractivity contribution in [1.82, 2.24) is 10.6 Å². The SMILES string of the molecule is CCC(NC(=O)NC1(C)CCCOC1)C(=O)O. The second-order valence-electron chi connectivity index (χ2n) is 4.61. The fourth-order valence-corrected chi connectivity index (χ4v) is 1.84. The summed E-state index contributed by atoms with van der Waals surface area (Å²) in [5, 5.41) is 14.0. The maximum atomic E-state index is 11.6. The van der Waals surface area contributed by atoms with Gasteiger partial charge in [-0.15, -0.1) is 0 Å². The van der Waals surface area contributed by atoms with Crippen molar-refractivity contribution in [2.24, 2.45) is 0 Å². The molecule has 98 valence electrons. The van der Waals surface area contributed by atoms with Gasteiger partial charge in [0, 0.05) is 6.61 Å². The molecule has 0 spiro atoms. The van der Waals surface area contributed by atoms with Crippen molar-refractivity contribution in [2.45, 2.75) is 44.7 Å². The molecule has 0 radical (unpaired) electrons. The van der Waals surface area contributed by atoms with Crippen molar-refractivity contribution in [3.63, 3.8) is 0 Å². The molecule has 6 heteroatoms. The van der Waals surface area contributed by atoms with Crippen LogP contribution >= 0.6 is 0 Å². The van der Waals surface area contributed by atoms with E-state index in [1.54, 1.807) is 6.92 Å². The fourth-order valence-electron chi connectivity index (χ4n) is 1.84. The number of rotatable bonds is 4. The molecule has 0 aliphatic carbocycles. The Morgan fingerprint density at radius 3 is 2.71 bits per heavy atom. The molecule has 17 heavy (non-hydrogen) atoms. The lowest BCUT2D eigenvalue weighted by atomic mass is 9.95. The quantitative estimate of drug-likeness (QED) is 0.680. The van der Waals surface area contributed by atoms with Gasteiger partial charge in [-0.25, -0.2) is 9.59 Å². The fraction of sp³-hybridized carbons (Fsp3) is 0.818. The number of hydrogen-bond donors (Lipinski definition) is 3. The Morgan fingerprint density at radius 1 is 1.53 bits per heavy atom. The van der Waals surface area contributed by atoms with Gasteiger partial charge in [-0.2, -0.15) is 0 Å². The Morgan fingerprint density at radius 2 is 2.24 bits per heavy atom. The van der Waals surface area contributed by atoms with Crippen LogP contribution in [-0.4, -0.2) is 41.9 Å². The monoisotopic (exact) mass is 244 g/mol. The Bertz CT molecular complexity index is 287. The zero-order chi connectivity index (χ0) is 12.9. The summed E-state index contributed by atoms with van der Waals surface area (Å²) in [5.74, 6) is -1.02. The number of urea groups is 1. The lowest BCUT2D eigenvalue weighted by Crippen LogP contribution is -2.57. The van der Waals surface area contributed by atoms with Crippen molar-refractivity contribution >= 4 is 12.0 Å². The van der Waals surface area contributed by atoms with E-state index in [1.165, 1.54) is 0 Å². The molecule has 1 heterocycles. The van der Waals surface area contributed by atoms with Gasteiger partial charge in [0.05, 0.1) is 12.1 Å². The highest BCUT2D eigenvalue weighted by molar-refractivity contribution is 5.82. The minimum absolute atomic E-state index is 0.357. The average molecular weight is 244 g/mol. The van der Waals surface area contributed by atoms with Crippen LogP contribution in [0.2, 0.25) is 0 Å². The molecule has 1 aliphatic heterocycles. The number of amides is 2. The first kappa shape index (κ1) is 13.8. The molecule has 0 bridgehead atoms. The van der Waals surface area contributed by atoms with Crippen LogP contribution in [0.3, 0.4) is 0 Å². The first-order valence-corrected chi connectivity index (χ1v) is 5.86. The van der Waals surface area contributed by atoms with Crippen molar-refractivity contribution in [1.29, 1.82) is 0 Å². The van der Waals surface area contributed by atoms with E-state index >= 15 is 0 Å². The second kappa shape index (κ2) is 5.86. The van der Waals surface area contributed by atoms with Gasteiger partial charge in [0.25, 0.3) is 0 Å². The lowest BCUT2D eigenvalue weighted by Gasteiger charge is -2.34. The van der Waals surface area contributed by atoms with Crippen LogP contribution < -0.4 is 10.6 Å². The maximum Gasteiger partial charge on any atom is 0.326 e. The molecule has 0 aromatic carbocycles. The van der Waals surface area contributed by atoms with E-state index in [0.29, 0.717) is 19.6 Å². The van der Waals surface area contributed by atoms with Gasteiger partial charge in [-0.3, -0.25) is 0 Å². The number of carbonyl (C=O) groups excluding carboxylic acids is 1.